The van der Waals surface area contributed by atoms with E-state index in [4.69, 9.17) is 0 Å². The Morgan fingerprint density at radius 1 is 1.31 bits per heavy atom. The number of anilines is 1. The lowest BCUT2D eigenvalue weighted by Gasteiger charge is -2.32. The maximum Gasteiger partial charge on any atom is 0.422 e. The van der Waals surface area contributed by atoms with Crippen LogP contribution in [0, 0.1) is 18.3 Å². The van der Waals surface area contributed by atoms with Crippen LogP contribution in [0.4, 0.5) is 27.8 Å². The van der Waals surface area contributed by atoms with Crippen LogP contribution in [0.15, 0.2) is 29.2 Å². The number of rotatable bonds is 9. The second-order valence-electron chi connectivity index (χ2n) is 10.4. The summed E-state index contributed by atoms with van der Waals surface area (Å²) < 4.78 is 72.0. The van der Waals surface area contributed by atoms with Crippen molar-refractivity contribution in [1.29, 1.82) is 5.26 Å². The Balaban J connectivity index is 1.39. The van der Waals surface area contributed by atoms with E-state index in [0.717, 1.165) is 48.6 Å². The number of nitrogens with one attached hydrogen (secondary N) is 1. The van der Waals surface area contributed by atoms with Crippen molar-refractivity contribution >= 4 is 23.5 Å². The van der Waals surface area contributed by atoms with Gasteiger partial charge in [0.05, 0.1) is 17.8 Å². The standard InChI is InChI=1S/C26H28F5N5O2S/c1-15-9-22(36(34-15)16-3-2-4-16)35-12-18(11-20(35)24(37)33-25(13-32)7-8-25)39-21-6-5-17(10-19(21)23(27)28)38-14-26(29,30)31/h5-6,9-10,16,18,20,23H,2-4,7-8,11-12,14H2,1H3,(H,33,37). The molecule has 2 aliphatic carbocycles. The zero-order valence-corrected chi connectivity index (χ0v) is 22.0. The predicted octanol–water partition coefficient (Wildman–Crippen LogP) is 5.71. The molecule has 210 valence electrons. The molecule has 2 heterocycles. The van der Waals surface area contributed by atoms with Crippen LogP contribution in [0.25, 0.3) is 0 Å². The van der Waals surface area contributed by atoms with E-state index in [1.54, 1.807) is 0 Å². The van der Waals surface area contributed by atoms with Gasteiger partial charge in [-0.15, -0.1) is 11.8 Å². The van der Waals surface area contributed by atoms with Gasteiger partial charge in [0.15, 0.2) is 6.61 Å². The molecule has 2 unspecified atom stereocenters. The molecule has 3 fully saturated rings. The Labute approximate surface area is 226 Å². The number of carbonyl (C=O) groups is 1. The normalized spacial score (nSPS) is 22.5. The minimum Gasteiger partial charge on any atom is -0.484 e. The minimum absolute atomic E-state index is 0.217. The lowest BCUT2D eigenvalue weighted by Crippen LogP contribution is -2.48. The molecule has 7 nitrogen and oxygen atoms in total. The predicted molar refractivity (Wildman–Crippen MR) is 134 cm³/mol. The van der Waals surface area contributed by atoms with Crippen LogP contribution < -0.4 is 15.0 Å². The number of hydrogen-bond donors (Lipinski definition) is 1. The molecular weight excluding hydrogens is 541 g/mol. The van der Waals surface area contributed by atoms with Crippen molar-refractivity contribution in [2.45, 2.75) is 85.8 Å². The van der Waals surface area contributed by atoms with Crippen LogP contribution in [0.1, 0.15) is 62.2 Å². The number of benzene rings is 1. The quantitative estimate of drug-likeness (QED) is 0.390. The SMILES string of the molecule is Cc1cc(N2CC(Sc3ccc(OCC(F)(F)F)cc3C(F)F)CC2C(=O)NC2(C#N)CC2)n(C2CCC2)n1. The first-order valence-corrected chi connectivity index (χ1v) is 13.7. The lowest BCUT2D eigenvalue weighted by atomic mass is 9.93. The molecular formula is C26H28F5N5O2S. The van der Waals surface area contributed by atoms with Crippen molar-refractivity contribution < 1.29 is 31.5 Å². The lowest BCUT2D eigenvalue weighted by molar-refractivity contribution is -0.153. The van der Waals surface area contributed by atoms with Gasteiger partial charge in [0.25, 0.3) is 6.43 Å². The summed E-state index contributed by atoms with van der Waals surface area (Å²) in [6, 6.07) is 7.21. The van der Waals surface area contributed by atoms with Crippen LogP contribution in [-0.4, -0.2) is 51.8 Å². The Hall–Kier alpha value is -3.01. The molecule has 0 radical (unpaired) electrons. The van der Waals surface area contributed by atoms with Crippen molar-refractivity contribution in [3.05, 3.63) is 35.5 Å². The fourth-order valence-corrected chi connectivity index (χ4v) is 6.25. The maximum atomic E-state index is 13.9. The Morgan fingerprint density at radius 3 is 2.64 bits per heavy atom. The Kier molecular flexibility index (Phi) is 7.43. The summed E-state index contributed by atoms with van der Waals surface area (Å²) in [7, 11) is 0. The number of carbonyl (C=O) groups excluding carboxylic acids is 1. The van der Waals surface area contributed by atoms with E-state index in [-0.39, 0.29) is 27.8 Å². The van der Waals surface area contributed by atoms with E-state index in [1.165, 1.54) is 12.1 Å². The molecule has 2 aromatic rings. The molecule has 1 N–H and O–H groups in total. The number of nitriles is 1. The minimum atomic E-state index is -4.59. The first-order chi connectivity index (χ1) is 18.5. The van der Waals surface area contributed by atoms with Gasteiger partial charge in [-0.1, -0.05) is 0 Å². The third-order valence-corrected chi connectivity index (χ3v) is 8.66. The van der Waals surface area contributed by atoms with Crippen molar-refractivity contribution in [3.8, 4) is 11.8 Å². The number of halogens is 5. The number of hydrogen-bond acceptors (Lipinski definition) is 6. The van der Waals surface area contributed by atoms with Crippen LogP contribution in [-0.2, 0) is 4.79 Å². The average molecular weight is 570 g/mol. The monoisotopic (exact) mass is 569 g/mol. The highest BCUT2D eigenvalue weighted by atomic mass is 32.2. The Morgan fingerprint density at radius 2 is 2.05 bits per heavy atom. The van der Waals surface area contributed by atoms with Crippen LogP contribution in [0.3, 0.4) is 0 Å². The van der Waals surface area contributed by atoms with E-state index in [9.17, 15) is 32.0 Å². The molecule has 5 rings (SSSR count). The van der Waals surface area contributed by atoms with Gasteiger partial charge in [0.2, 0.25) is 5.91 Å². The van der Waals surface area contributed by atoms with E-state index >= 15 is 0 Å². The number of thioether (sulfide) groups is 1. The fraction of sp³-hybridized carbons (Fsp3) is 0.577. The number of nitrogens with zero attached hydrogens (tertiary/aromatic N) is 4. The summed E-state index contributed by atoms with van der Waals surface area (Å²) >= 11 is 1.16. The summed E-state index contributed by atoms with van der Waals surface area (Å²) in [5, 5.41) is 16.7. The Bertz CT molecular complexity index is 1270. The number of ether oxygens (including phenoxy) is 1. The highest BCUT2D eigenvalue weighted by Gasteiger charge is 2.48. The topological polar surface area (TPSA) is 83.2 Å². The number of aryl methyl sites for hydroxylation is 1. The average Bonchev–Trinajstić information content (AvgIpc) is 3.32. The largest absolute Gasteiger partial charge is 0.484 e. The van der Waals surface area contributed by atoms with Crippen LogP contribution >= 0.6 is 11.8 Å². The zero-order valence-electron chi connectivity index (χ0n) is 21.2. The molecule has 1 aromatic carbocycles. The molecule has 3 aliphatic rings. The third-order valence-electron chi connectivity index (χ3n) is 7.36. The highest BCUT2D eigenvalue weighted by molar-refractivity contribution is 8.00. The number of amides is 1. The smallest absolute Gasteiger partial charge is 0.422 e. The number of aromatic nitrogens is 2. The van der Waals surface area contributed by atoms with Gasteiger partial charge >= 0.3 is 6.18 Å². The molecule has 1 saturated heterocycles. The molecule has 1 aromatic heterocycles. The van der Waals surface area contributed by atoms with Crippen molar-refractivity contribution in [2.24, 2.45) is 0 Å². The first-order valence-electron chi connectivity index (χ1n) is 12.8. The van der Waals surface area contributed by atoms with Gasteiger partial charge in [-0.3, -0.25) is 4.79 Å². The summed E-state index contributed by atoms with van der Waals surface area (Å²) in [6.45, 7) is 0.673. The maximum absolute atomic E-state index is 13.9. The molecule has 0 bridgehead atoms. The summed E-state index contributed by atoms with van der Waals surface area (Å²) in [5.41, 5.74) is -0.471. The van der Waals surface area contributed by atoms with E-state index in [1.807, 2.05) is 22.6 Å². The van der Waals surface area contributed by atoms with E-state index < -0.39 is 36.4 Å². The van der Waals surface area contributed by atoms with Crippen LogP contribution in [0.5, 0.6) is 5.75 Å². The highest BCUT2D eigenvalue weighted by Crippen LogP contribution is 2.43. The van der Waals surface area contributed by atoms with E-state index in [0.29, 0.717) is 25.8 Å². The van der Waals surface area contributed by atoms with Crippen LogP contribution in [0.2, 0.25) is 0 Å². The molecule has 39 heavy (non-hydrogen) atoms. The fourth-order valence-electron chi connectivity index (χ4n) is 4.95. The molecule has 1 amide bonds. The van der Waals surface area contributed by atoms with Crippen molar-refractivity contribution in [3.63, 3.8) is 0 Å². The van der Waals surface area contributed by atoms with Crippen molar-refractivity contribution in [1.82, 2.24) is 15.1 Å². The van der Waals surface area contributed by atoms with Gasteiger partial charge in [-0.25, -0.2) is 13.5 Å². The van der Waals surface area contributed by atoms with Gasteiger partial charge in [0, 0.05) is 28.3 Å². The third kappa shape index (κ3) is 6.10. The van der Waals surface area contributed by atoms with Crippen molar-refractivity contribution in [2.75, 3.05) is 18.1 Å². The molecule has 2 saturated carbocycles. The second kappa shape index (κ2) is 10.5. The summed E-state index contributed by atoms with van der Waals surface area (Å²) in [6.07, 6.45) is -2.96. The van der Waals surface area contributed by atoms with Gasteiger partial charge in [0.1, 0.15) is 23.1 Å². The molecule has 13 heteroatoms. The molecule has 2 atom stereocenters. The van der Waals surface area contributed by atoms with E-state index in [2.05, 4.69) is 21.2 Å². The van der Waals surface area contributed by atoms with Gasteiger partial charge < -0.3 is 15.0 Å². The zero-order chi connectivity index (χ0) is 27.9. The first kappa shape index (κ1) is 27.6. The molecule has 1 aliphatic heterocycles. The number of alkyl halides is 5. The van der Waals surface area contributed by atoms with Gasteiger partial charge in [-0.2, -0.15) is 23.5 Å². The summed E-state index contributed by atoms with van der Waals surface area (Å²) in [5.74, 6) is 0.205. The second-order valence-corrected chi connectivity index (χ2v) is 11.7. The molecule has 0 spiro atoms. The van der Waals surface area contributed by atoms with Gasteiger partial charge in [-0.05, 0) is 63.6 Å². The summed E-state index contributed by atoms with van der Waals surface area (Å²) in [4.78, 5) is 15.6.